The van der Waals surface area contributed by atoms with Gasteiger partial charge >= 0.3 is 0 Å². The summed E-state index contributed by atoms with van der Waals surface area (Å²) >= 11 is 1.79. The molecule has 74 valence electrons. The Morgan fingerprint density at radius 3 is 2.77 bits per heavy atom. The van der Waals surface area contributed by atoms with Crippen molar-refractivity contribution in [1.82, 2.24) is 5.32 Å². The maximum absolute atomic E-state index is 3.53. The molecule has 0 aromatic carbocycles. The summed E-state index contributed by atoms with van der Waals surface area (Å²) in [6.45, 7) is 7.69. The van der Waals surface area contributed by atoms with E-state index in [0.717, 1.165) is 6.54 Å². The number of nitrogens with one attached hydrogen (secondary N) is 1. The fourth-order valence-electron chi connectivity index (χ4n) is 1.39. The second-order valence-corrected chi connectivity index (χ2v) is 4.39. The molecular formula is C11H19NS. The molecule has 0 fully saturated rings. The van der Waals surface area contributed by atoms with E-state index in [4.69, 9.17) is 0 Å². The summed E-state index contributed by atoms with van der Waals surface area (Å²) < 4.78 is 0. The molecule has 0 amide bonds. The third kappa shape index (κ3) is 3.49. The topological polar surface area (TPSA) is 12.0 Å². The van der Waals surface area contributed by atoms with Gasteiger partial charge in [0.1, 0.15) is 0 Å². The van der Waals surface area contributed by atoms with Gasteiger partial charge in [0.15, 0.2) is 0 Å². The number of aryl methyl sites for hydroxylation is 1. The van der Waals surface area contributed by atoms with Crippen LogP contribution in [-0.4, -0.2) is 6.04 Å². The lowest BCUT2D eigenvalue weighted by Crippen LogP contribution is -2.25. The molecule has 0 spiro atoms. The van der Waals surface area contributed by atoms with Crippen LogP contribution in [0, 0.1) is 6.92 Å². The van der Waals surface area contributed by atoms with E-state index < -0.39 is 0 Å². The molecule has 0 aliphatic heterocycles. The molecule has 1 aromatic heterocycles. The summed E-state index contributed by atoms with van der Waals surface area (Å²) in [6.07, 6.45) is 2.53. The van der Waals surface area contributed by atoms with E-state index >= 15 is 0 Å². The fraction of sp³-hybridized carbons (Fsp3) is 0.636. The van der Waals surface area contributed by atoms with Crippen LogP contribution in [0.25, 0.3) is 0 Å². The van der Waals surface area contributed by atoms with E-state index in [1.165, 1.54) is 24.0 Å². The Hall–Kier alpha value is -0.340. The van der Waals surface area contributed by atoms with Crippen LogP contribution in [0.5, 0.6) is 0 Å². The van der Waals surface area contributed by atoms with Crippen LogP contribution in [0.2, 0.25) is 0 Å². The zero-order valence-electron chi connectivity index (χ0n) is 8.76. The van der Waals surface area contributed by atoms with Crippen LogP contribution in [0.1, 0.15) is 37.8 Å². The van der Waals surface area contributed by atoms with Gasteiger partial charge in [0.25, 0.3) is 0 Å². The first kappa shape index (κ1) is 10.7. The van der Waals surface area contributed by atoms with Crippen LogP contribution in [0.3, 0.4) is 0 Å². The quantitative estimate of drug-likeness (QED) is 0.763. The maximum atomic E-state index is 3.53. The van der Waals surface area contributed by atoms with Crippen molar-refractivity contribution in [2.75, 3.05) is 0 Å². The van der Waals surface area contributed by atoms with Crippen molar-refractivity contribution in [2.45, 2.75) is 46.2 Å². The first-order valence-corrected chi connectivity index (χ1v) is 5.93. The smallest absolute Gasteiger partial charge is 0.0218 e. The predicted molar refractivity (Wildman–Crippen MR) is 60.3 cm³/mol. The molecule has 0 saturated carbocycles. The van der Waals surface area contributed by atoms with Crippen LogP contribution in [0.15, 0.2) is 10.8 Å². The SMILES string of the molecule is CCCC(C)NCc1cscc1C. The zero-order valence-corrected chi connectivity index (χ0v) is 9.58. The highest BCUT2D eigenvalue weighted by atomic mass is 32.1. The van der Waals surface area contributed by atoms with Crippen molar-refractivity contribution in [3.05, 3.63) is 21.9 Å². The first-order chi connectivity index (χ1) is 6.24. The Balaban J connectivity index is 2.30. The van der Waals surface area contributed by atoms with Crippen LogP contribution >= 0.6 is 11.3 Å². The highest BCUT2D eigenvalue weighted by molar-refractivity contribution is 7.08. The molecule has 0 aliphatic carbocycles. The van der Waals surface area contributed by atoms with Gasteiger partial charge in [-0.25, -0.2) is 0 Å². The normalized spacial score (nSPS) is 13.2. The van der Waals surface area contributed by atoms with E-state index in [9.17, 15) is 0 Å². The summed E-state index contributed by atoms with van der Waals surface area (Å²) in [7, 11) is 0. The van der Waals surface area contributed by atoms with Gasteiger partial charge < -0.3 is 5.32 Å². The molecule has 1 rings (SSSR count). The molecule has 1 aromatic rings. The fourth-order valence-corrected chi connectivity index (χ4v) is 2.24. The Morgan fingerprint density at radius 1 is 1.46 bits per heavy atom. The van der Waals surface area contributed by atoms with Crippen molar-refractivity contribution >= 4 is 11.3 Å². The number of hydrogen-bond donors (Lipinski definition) is 1. The Labute approximate surface area is 85.2 Å². The van der Waals surface area contributed by atoms with Crippen molar-refractivity contribution in [3.63, 3.8) is 0 Å². The lowest BCUT2D eigenvalue weighted by molar-refractivity contribution is 0.508. The Kier molecular flexibility index (Phi) is 4.46. The molecule has 1 heterocycles. The zero-order chi connectivity index (χ0) is 9.68. The summed E-state index contributed by atoms with van der Waals surface area (Å²) in [5.74, 6) is 0. The number of rotatable bonds is 5. The lowest BCUT2D eigenvalue weighted by Gasteiger charge is -2.12. The lowest BCUT2D eigenvalue weighted by atomic mass is 10.1. The summed E-state index contributed by atoms with van der Waals surface area (Å²) in [6, 6.07) is 0.643. The molecule has 1 unspecified atom stereocenters. The molecule has 0 aliphatic rings. The predicted octanol–water partition coefficient (Wildman–Crippen LogP) is 3.33. The van der Waals surface area contributed by atoms with Gasteiger partial charge in [-0.15, -0.1) is 0 Å². The maximum Gasteiger partial charge on any atom is 0.0218 e. The van der Waals surface area contributed by atoms with Crippen molar-refractivity contribution in [3.8, 4) is 0 Å². The van der Waals surface area contributed by atoms with Crippen LogP contribution < -0.4 is 5.32 Å². The number of thiophene rings is 1. The molecular weight excluding hydrogens is 178 g/mol. The third-order valence-corrected chi connectivity index (χ3v) is 3.23. The minimum atomic E-state index is 0.643. The minimum Gasteiger partial charge on any atom is -0.310 e. The average Bonchev–Trinajstić information content (AvgIpc) is 2.48. The van der Waals surface area contributed by atoms with E-state index in [-0.39, 0.29) is 0 Å². The van der Waals surface area contributed by atoms with E-state index in [2.05, 4.69) is 36.8 Å². The highest BCUT2D eigenvalue weighted by Gasteiger charge is 2.02. The Morgan fingerprint density at radius 2 is 2.23 bits per heavy atom. The van der Waals surface area contributed by atoms with E-state index in [0.29, 0.717) is 6.04 Å². The molecule has 13 heavy (non-hydrogen) atoms. The minimum absolute atomic E-state index is 0.643. The average molecular weight is 197 g/mol. The molecule has 1 nitrogen and oxygen atoms in total. The standard InChI is InChI=1S/C11H19NS/c1-4-5-10(3)12-6-11-8-13-7-9(11)2/h7-8,10,12H,4-6H2,1-3H3. The summed E-state index contributed by atoms with van der Waals surface area (Å²) in [5.41, 5.74) is 2.87. The second-order valence-electron chi connectivity index (χ2n) is 3.65. The molecule has 2 heteroatoms. The first-order valence-electron chi connectivity index (χ1n) is 4.99. The molecule has 0 bridgehead atoms. The Bertz CT molecular complexity index is 242. The second kappa shape index (κ2) is 5.40. The van der Waals surface area contributed by atoms with Crippen molar-refractivity contribution < 1.29 is 0 Å². The van der Waals surface area contributed by atoms with E-state index in [1.807, 2.05) is 0 Å². The summed E-state index contributed by atoms with van der Waals surface area (Å²) in [4.78, 5) is 0. The van der Waals surface area contributed by atoms with Crippen LogP contribution in [-0.2, 0) is 6.54 Å². The van der Waals surface area contributed by atoms with Gasteiger partial charge in [-0.2, -0.15) is 11.3 Å². The largest absolute Gasteiger partial charge is 0.310 e. The van der Waals surface area contributed by atoms with Gasteiger partial charge in [-0.1, -0.05) is 13.3 Å². The monoisotopic (exact) mass is 197 g/mol. The van der Waals surface area contributed by atoms with Gasteiger partial charge in [-0.3, -0.25) is 0 Å². The van der Waals surface area contributed by atoms with E-state index in [1.54, 1.807) is 11.3 Å². The molecule has 1 atom stereocenters. The van der Waals surface area contributed by atoms with Gasteiger partial charge in [0.05, 0.1) is 0 Å². The highest BCUT2D eigenvalue weighted by Crippen LogP contribution is 2.13. The van der Waals surface area contributed by atoms with Gasteiger partial charge in [0.2, 0.25) is 0 Å². The van der Waals surface area contributed by atoms with Crippen LogP contribution in [0.4, 0.5) is 0 Å². The van der Waals surface area contributed by atoms with Crippen molar-refractivity contribution in [2.24, 2.45) is 0 Å². The molecule has 1 N–H and O–H groups in total. The number of hydrogen-bond acceptors (Lipinski definition) is 2. The molecule has 0 radical (unpaired) electrons. The van der Waals surface area contributed by atoms with Gasteiger partial charge in [0, 0.05) is 12.6 Å². The van der Waals surface area contributed by atoms with Gasteiger partial charge in [-0.05, 0) is 42.2 Å². The molecule has 0 saturated heterocycles. The summed E-state index contributed by atoms with van der Waals surface area (Å²) in [5, 5.41) is 7.98. The van der Waals surface area contributed by atoms with Crippen molar-refractivity contribution in [1.29, 1.82) is 0 Å². The third-order valence-electron chi connectivity index (χ3n) is 2.32.